The highest BCUT2D eigenvalue weighted by Crippen LogP contribution is 2.20. The Morgan fingerprint density at radius 2 is 2.05 bits per heavy atom. The van der Waals surface area contributed by atoms with Gasteiger partial charge >= 0.3 is 5.69 Å². The summed E-state index contributed by atoms with van der Waals surface area (Å²) in [4.78, 5) is 12.1. The largest absolute Gasteiger partial charge is 0.379 e. The van der Waals surface area contributed by atoms with Gasteiger partial charge in [-0.1, -0.05) is 0 Å². The van der Waals surface area contributed by atoms with E-state index < -0.39 is 10.0 Å². The molecule has 1 saturated heterocycles. The number of nitrogens with zero attached hydrogens (tertiary/aromatic N) is 4. The van der Waals surface area contributed by atoms with Crippen molar-refractivity contribution in [2.75, 3.05) is 26.3 Å². The van der Waals surface area contributed by atoms with Gasteiger partial charge in [0, 0.05) is 25.8 Å². The van der Waals surface area contributed by atoms with Gasteiger partial charge in [0.2, 0.25) is 10.0 Å². The minimum absolute atomic E-state index is 0.0520. The van der Waals surface area contributed by atoms with Crippen LogP contribution in [0.5, 0.6) is 0 Å². The number of aromatic nitrogens is 3. The molecule has 1 aliphatic rings. The lowest BCUT2D eigenvalue weighted by Crippen LogP contribution is -2.40. The molecule has 9 heteroatoms. The number of sulfonamides is 1. The van der Waals surface area contributed by atoms with Crippen molar-refractivity contribution in [3.05, 3.63) is 28.8 Å². The Bertz CT molecular complexity index is 817. The summed E-state index contributed by atoms with van der Waals surface area (Å²) in [7, 11) is -3.68. The zero-order chi connectivity index (χ0) is 15.0. The van der Waals surface area contributed by atoms with Crippen LogP contribution in [-0.4, -0.2) is 53.2 Å². The first-order valence-electron chi connectivity index (χ1n) is 6.72. The fourth-order valence-electron chi connectivity index (χ4n) is 2.35. The van der Waals surface area contributed by atoms with Crippen molar-refractivity contribution in [2.24, 2.45) is 0 Å². The van der Waals surface area contributed by atoms with E-state index in [9.17, 15) is 13.2 Å². The lowest BCUT2D eigenvalue weighted by atomic mass is 10.5. The third kappa shape index (κ3) is 2.27. The van der Waals surface area contributed by atoms with Gasteiger partial charge in [0.05, 0.1) is 13.2 Å². The molecule has 0 N–H and O–H groups in total. The monoisotopic (exact) mass is 312 g/mol. The van der Waals surface area contributed by atoms with Crippen molar-refractivity contribution in [3.8, 4) is 0 Å². The summed E-state index contributed by atoms with van der Waals surface area (Å²) in [6, 6.07) is 3.02. The second kappa shape index (κ2) is 5.24. The van der Waals surface area contributed by atoms with Crippen LogP contribution >= 0.6 is 0 Å². The Balaban J connectivity index is 2.18. The summed E-state index contributed by atoms with van der Waals surface area (Å²) in [5.74, 6) is 0. The van der Waals surface area contributed by atoms with Crippen LogP contribution in [0.25, 0.3) is 5.65 Å². The van der Waals surface area contributed by atoms with Crippen LogP contribution in [0, 0.1) is 0 Å². The lowest BCUT2D eigenvalue weighted by Gasteiger charge is -2.25. The molecule has 2 aromatic heterocycles. The molecule has 0 amide bonds. The van der Waals surface area contributed by atoms with Gasteiger partial charge in [0.15, 0.2) is 5.65 Å². The van der Waals surface area contributed by atoms with Crippen LogP contribution in [0.15, 0.2) is 28.0 Å². The molecule has 0 atom stereocenters. The van der Waals surface area contributed by atoms with Gasteiger partial charge < -0.3 is 4.74 Å². The van der Waals surface area contributed by atoms with Crippen molar-refractivity contribution in [1.82, 2.24) is 18.5 Å². The fraction of sp³-hybridized carbons (Fsp3) is 0.500. The van der Waals surface area contributed by atoms with E-state index in [1.54, 1.807) is 13.0 Å². The van der Waals surface area contributed by atoms with Gasteiger partial charge in [0.25, 0.3) is 0 Å². The van der Waals surface area contributed by atoms with Gasteiger partial charge in [-0.15, -0.1) is 5.10 Å². The number of hydrogen-bond donors (Lipinski definition) is 0. The number of fused-ring (bicyclic) bond motifs is 1. The van der Waals surface area contributed by atoms with E-state index >= 15 is 0 Å². The molecule has 114 valence electrons. The van der Waals surface area contributed by atoms with Crippen LogP contribution in [0.3, 0.4) is 0 Å². The van der Waals surface area contributed by atoms with Crippen molar-refractivity contribution in [1.29, 1.82) is 0 Å². The van der Waals surface area contributed by atoms with Gasteiger partial charge in [-0.3, -0.25) is 0 Å². The summed E-state index contributed by atoms with van der Waals surface area (Å²) >= 11 is 0. The summed E-state index contributed by atoms with van der Waals surface area (Å²) in [5.41, 5.74) is -0.178. The Labute approximate surface area is 121 Å². The van der Waals surface area contributed by atoms with Gasteiger partial charge in [-0.25, -0.2) is 22.3 Å². The Hall–Kier alpha value is -1.71. The number of ether oxygens (including phenoxy) is 1. The zero-order valence-corrected chi connectivity index (χ0v) is 12.4. The molecule has 0 saturated carbocycles. The summed E-state index contributed by atoms with van der Waals surface area (Å²) in [6.45, 7) is 3.53. The van der Waals surface area contributed by atoms with Crippen molar-refractivity contribution < 1.29 is 13.2 Å². The molecule has 0 aromatic carbocycles. The smallest absolute Gasteiger partial charge is 0.350 e. The SMILES string of the molecule is CCn1nc2c(S(=O)(=O)N3CCOCC3)cccn2c1=O. The molecular formula is C12H16N4O4S. The molecule has 0 unspecified atom stereocenters. The van der Waals surface area contributed by atoms with Crippen molar-refractivity contribution >= 4 is 15.7 Å². The number of pyridine rings is 1. The van der Waals surface area contributed by atoms with Crippen LogP contribution in [0.1, 0.15) is 6.92 Å². The van der Waals surface area contributed by atoms with Crippen molar-refractivity contribution in [3.63, 3.8) is 0 Å². The van der Waals surface area contributed by atoms with E-state index in [1.165, 1.54) is 25.7 Å². The second-order valence-electron chi connectivity index (χ2n) is 4.68. The minimum Gasteiger partial charge on any atom is -0.379 e. The maximum Gasteiger partial charge on any atom is 0.350 e. The molecule has 21 heavy (non-hydrogen) atoms. The summed E-state index contributed by atoms with van der Waals surface area (Å²) in [6.07, 6.45) is 1.52. The van der Waals surface area contributed by atoms with Crippen LogP contribution in [-0.2, 0) is 21.3 Å². The molecular weight excluding hydrogens is 296 g/mol. The number of morpholine rings is 1. The molecule has 1 fully saturated rings. The zero-order valence-electron chi connectivity index (χ0n) is 11.6. The number of rotatable bonds is 3. The van der Waals surface area contributed by atoms with E-state index in [4.69, 9.17) is 4.74 Å². The fourth-order valence-corrected chi connectivity index (χ4v) is 3.88. The topological polar surface area (TPSA) is 85.9 Å². The predicted molar refractivity (Wildman–Crippen MR) is 74.7 cm³/mol. The summed E-state index contributed by atoms with van der Waals surface area (Å²) in [5, 5.41) is 4.12. The third-order valence-corrected chi connectivity index (χ3v) is 5.38. The highest BCUT2D eigenvalue weighted by Gasteiger charge is 2.29. The van der Waals surface area contributed by atoms with Crippen LogP contribution in [0.2, 0.25) is 0 Å². The standard InChI is InChI=1S/C12H16N4O4S/c1-2-16-12(17)15-5-3-4-10(11(15)13-16)21(18,19)14-6-8-20-9-7-14/h3-5H,2,6-9H2,1H3. The minimum atomic E-state index is -3.68. The number of aryl methyl sites for hydroxylation is 1. The maximum absolute atomic E-state index is 12.7. The molecule has 0 bridgehead atoms. The molecule has 0 radical (unpaired) electrons. The normalized spacial score (nSPS) is 17.4. The average molecular weight is 312 g/mol. The van der Waals surface area contributed by atoms with E-state index in [2.05, 4.69) is 5.10 Å². The Morgan fingerprint density at radius 3 is 2.71 bits per heavy atom. The number of hydrogen-bond acceptors (Lipinski definition) is 5. The first-order valence-corrected chi connectivity index (χ1v) is 8.16. The van der Waals surface area contributed by atoms with E-state index in [0.717, 1.165) is 0 Å². The van der Waals surface area contributed by atoms with Crippen molar-refractivity contribution in [2.45, 2.75) is 18.4 Å². The lowest BCUT2D eigenvalue weighted by molar-refractivity contribution is 0.0730. The van der Waals surface area contributed by atoms with Gasteiger partial charge in [-0.2, -0.15) is 4.31 Å². The van der Waals surface area contributed by atoms with Crippen LogP contribution in [0.4, 0.5) is 0 Å². The molecule has 3 rings (SSSR count). The highest BCUT2D eigenvalue weighted by molar-refractivity contribution is 7.89. The first-order chi connectivity index (χ1) is 10.1. The van der Waals surface area contributed by atoms with E-state index in [-0.39, 0.29) is 16.2 Å². The molecule has 0 spiro atoms. The Kier molecular flexibility index (Phi) is 3.56. The van der Waals surface area contributed by atoms with Gasteiger partial charge in [0.1, 0.15) is 4.90 Å². The van der Waals surface area contributed by atoms with E-state index in [0.29, 0.717) is 32.8 Å². The molecule has 1 aliphatic heterocycles. The third-order valence-electron chi connectivity index (χ3n) is 3.46. The second-order valence-corrected chi connectivity index (χ2v) is 6.59. The molecule has 2 aromatic rings. The molecule has 3 heterocycles. The van der Waals surface area contributed by atoms with Crippen LogP contribution < -0.4 is 5.69 Å². The average Bonchev–Trinajstić information content (AvgIpc) is 2.84. The predicted octanol–water partition coefficient (Wildman–Crippen LogP) is -0.463. The maximum atomic E-state index is 12.7. The first kappa shape index (κ1) is 14.2. The van der Waals surface area contributed by atoms with Gasteiger partial charge in [-0.05, 0) is 19.1 Å². The highest BCUT2D eigenvalue weighted by atomic mass is 32.2. The molecule has 0 aliphatic carbocycles. The summed E-state index contributed by atoms with van der Waals surface area (Å²) < 4.78 is 34.5. The Morgan fingerprint density at radius 1 is 1.33 bits per heavy atom. The quantitative estimate of drug-likeness (QED) is 0.765. The molecule has 8 nitrogen and oxygen atoms in total. The van der Waals surface area contributed by atoms with E-state index in [1.807, 2.05) is 0 Å².